The fourth-order valence-corrected chi connectivity index (χ4v) is 3.67. The first-order valence-electron chi connectivity index (χ1n) is 7.37. The Morgan fingerprint density at radius 2 is 2.23 bits per heavy atom. The van der Waals surface area contributed by atoms with Gasteiger partial charge in [-0.25, -0.2) is 9.88 Å². The van der Waals surface area contributed by atoms with Crippen molar-refractivity contribution in [2.75, 3.05) is 13.2 Å². The summed E-state index contributed by atoms with van der Waals surface area (Å²) in [5, 5.41) is 19.9. The molecule has 144 valence electrons. The number of rotatable bonds is 8. The highest BCUT2D eigenvalue weighted by molar-refractivity contribution is 8.08. The van der Waals surface area contributed by atoms with Crippen molar-refractivity contribution in [2.24, 2.45) is 0 Å². The minimum absolute atomic E-state index is 0.206. The summed E-state index contributed by atoms with van der Waals surface area (Å²) in [6.45, 7) is -3.11. The molecule has 5 N–H and O–H groups in total. The number of aromatic amines is 1. The summed E-state index contributed by atoms with van der Waals surface area (Å²) < 4.78 is 11.9. The molecule has 0 aromatic carbocycles. The summed E-state index contributed by atoms with van der Waals surface area (Å²) in [6.07, 6.45) is 3.06. The highest BCUT2D eigenvalue weighted by atomic mass is 32.5. The van der Waals surface area contributed by atoms with Crippen molar-refractivity contribution in [2.45, 2.75) is 25.3 Å². The lowest BCUT2D eigenvalue weighted by Crippen LogP contribution is -2.38. The van der Waals surface area contributed by atoms with E-state index in [1.54, 1.807) is 19.1 Å². The Balaban J connectivity index is 1.96. The van der Waals surface area contributed by atoms with Crippen LogP contribution in [0.4, 0.5) is 0 Å². The minimum Gasteiger partial charge on any atom is -0.480 e. The third-order valence-corrected chi connectivity index (χ3v) is 5.21. The third kappa shape index (κ3) is 5.17. The molecule has 1 aromatic rings. The van der Waals surface area contributed by atoms with Crippen molar-refractivity contribution in [1.29, 1.82) is 0 Å². The van der Waals surface area contributed by atoms with Gasteiger partial charge in [0.25, 0.3) is 12.2 Å². The van der Waals surface area contributed by atoms with Gasteiger partial charge in [-0.05, 0) is 24.8 Å². The van der Waals surface area contributed by atoms with Gasteiger partial charge >= 0.3 is 11.7 Å². The molecule has 2 unspecified atom stereocenters. The number of carboxylic acids is 1. The van der Waals surface area contributed by atoms with Crippen LogP contribution in [0.15, 0.2) is 27.9 Å². The Morgan fingerprint density at radius 1 is 1.54 bits per heavy atom. The molecule has 0 fully saturated rings. The lowest BCUT2D eigenvalue weighted by molar-refractivity contribution is -0.140. The molecule has 0 saturated heterocycles. The Bertz CT molecular complexity index is 866. The number of aromatic nitrogens is 2. The van der Waals surface area contributed by atoms with Crippen LogP contribution in [0.25, 0.3) is 0 Å². The smallest absolute Gasteiger partial charge is 0.330 e. The van der Waals surface area contributed by atoms with Gasteiger partial charge in [0, 0.05) is 11.8 Å². The molecule has 0 spiro atoms. The summed E-state index contributed by atoms with van der Waals surface area (Å²) in [5.41, 5.74) is -0.796. The zero-order chi connectivity index (χ0) is 19.5. The molecule has 0 amide bonds. The zero-order valence-electron chi connectivity index (χ0n) is 13.6. The summed E-state index contributed by atoms with van der Waals surface area (Å²) in [5.74, 6) is -1.38. The Morgan fingerprint density at radius 3 is 2.85 bits per heavy atom. The number of nitrogens with one attached hydrogen (secondary N) is 2. The van der Waals surface area contributed by atoms with Crippen LogP contribution in [0.2, 0.25) is 0 Å². The zero-order valence-corrected chi connectivity index (χ0v) is 15.3. The first-order valence-corrected chi connectivity index (χ1v) is 10.0. The number of aliphatic carboxylic acids is 1. The molecule has 1 aromatic heterocycles. The summed E-state index contributed by atoms with van der Waals surface area (Å²) in [6, 6.07) is -1.46. The molecule has 4 atom stereocenters. The minimum atomic E-state index is -3.67. The predicted molar refractivity (Wildman–Crippen MR) is 93.2 cm³/mol. The fourth-order valence-electron chi connectivity index (χ4n) is 2.10. The van der Waals surface area contributed by atoms with Crippen molar-refractivity contribution in [3.05, 3.63) is 44.8 Å². The van der Waals surface area contributed by atoms with E-state index in [1.807, 2.05) is 0 Å². The lowest BCUT2D eigenvalue weighted by Gasteiger charge is -2.22. The maximum absolute atomic E-state index is 11.8. The SMILES string of the molecule is Cc1cn([C@H]2C=C[C@@H](COP(O)(=S)NC(CO)C(=O)O)O2)c(=O)[nH]c1=O. The van der Waals surface area contributed by atoms with Crippen LogP contribution < -0.4 is 16.3 Å². The Kier molecular flexibility index (Phi) is 6.64. The molecule has 0 bridgehead atoms. The Labute approximate surface area is 152 Å². The monoisotopic (exact) mass is 407 g/mol. The highest BCUT2D eigenvalue weighted by Crippen LogP contribution is 2.38. The van der Waals surface area contributed by atoms with Crippen LogP contribution >= 0.6 is 6.64 Å². The van der Waals surface area contributed by atoms with Crippen molar-refractivity contribution in [3.8, 4) is 0 Å². The van der Waals surface area contributed by atoms with Gasteiger partial charge < -0.3 is 24.4 Å². The van der Waals surface area contributed by atoms with Gasteiger partial charge in [0.05, 0.1) is 13.2 Å². The number of H-pyrrole nitrogens is 1. The van der Waals surface area contributed by atoms with E-state index in [2.05, 4.69) is 10.1 Å². The normalized spacial score (nSPS) is 22.9. The van der Waals surface area contributed by atoms with Crippen molar-refractivity contribution in [3.63, 3.8) is 0 Å². The number of ether oxygens (including phenoxy) is 1. The van der Waals surface area contributed by atoms with Gasteiger partial charge in [-0.1, -0.05) is 6.08 Å². The molecular weight excluding hydrogens is 389 g/mol. The first kappa shape index (κ1) is 20.6. The summed E-state index contributed by atoms with van der Waals surface area (Å²) in [4.78, 5) is 46.2. The molecule has 0 radical (unpaired) electrons. The van der Waals surface area contributed by atoms with E-state index in [4.69, 9.17) is 31.3 Å². The van der Waals surface area contributed by atoms with Gasteiger partial charge in [-0.15, -0.1) is 0 Å². The lowest BCUT2D eigenvalue weighted by atomic mass is 10.3. The number of carboxylic acid groups (broad SMARTS) is 1. The predicted octanol–water partition coefficient (Wildman–Crippen LogP) is -1.43. The second kappa shape index (κ2) is 8.35. The van der Waals surface area contributed by atoms with Gasteiger partial charge in [0.2, 0.25) is 0 Å². The van der Waals surface area contributed by atoms with Gasteiger partial charge in [0.1, 0.15) is 12.1 Å². The number of hydrogen-bond acceptors (Lipinski definition) is 7. The average Bonchev–Trinajstić information content (AvgIpc) is 3.03. The second-order valence-electron chi connectivity index (χ2n) is 5.45. The average molecular weight is 407 g/mol. The van der Waals surface area contributed by atoms with E-state index in [0.717, 1.165) is 0 Å². The number of aliphatic hydroxyl groups excluding tert-OH is 1. The quantitative estimate of drug-likeness (QED) is 0.255. The topological polar surface area (TPSA) is 163 Å². The second-order valence-corrected chi connectivity index (χ2v) is 8.49. The van der Waals surface area contributed by atoms with Gasteiger partial charge in [-0.3, -0.25) is 19.1 Å². The number of nitrogens with zero attached hydrogens (tertiary/aromatic N) is 1. The number of hydrogen-bond donors (Lipinski definition) is 5. The third-order valence-electron chi connectivity index (χ3n) is 3.44. The van der Waals surface area contributed by atoms with E-state index in [-0.39, 0.29) is 6.61 Å². The van der Waals surface area contributed by atoms with E-state index in [0.29, 0.717) is 5.56 Å². The van der Waals surface area contributed by atoms with Crippen LogP contribution in [-0.2, 0) is 25.9 Å². The molecule has 11 nitrogen and oxygen atoms in total. The largest absolute Gasteiger partial charge is 0.480 e. The maximum Gasteiger partial charge on any atom is 0.330 e. The highest BCUT2D eigenvalue weighted by Gasteiger charge is 2.28. The van der Waals surface area contributed by atoms with E-state index < -0.39 is 48.8 Å². The molecule has 1 aliphatic rings. The van der Waals surface area contributed by atoms with Gasteiger partial charge in [-0.2, -0.15) is 0 Å². The molecule has 26 heavy (non-hydrogen) atoms. The van der Waals surface area contributed by atoms with Crippen LogP contribution in [0.5, 0.6) is 0 Å². The number of aryl methyl sites for hydroxylation is 1. The number of carbonyl (C=O) groups is 1. The standard InChI is InChI=1S/C13H18N3O8PS/c1-7-4-16(13(21)14-11(7)18)10-3-2-8(24-10)6-23-25(22,26)15-9(5-17)12(19)20/h2-4,8-10,17H,5-6H2,1H3,(H,19,20)(H,14,18,21)(H2,15,22,26)/t8-,9?,10+,25?/m0/s1. The van der Waals surface area contributed by atoms with Crippen LogP contribution in [-0.4, -0.2) is 56.0 Å². The molecule has 2 rings (SSSR count). The molecule has 0 saturated carbocycles. The maximum atomic E-state index is 11.8. The number of aliphatic hydroxyl groups is 1. The summed E-state index contributed by atoms with van der Waals surface area (Å²) >= 11 is 4.80. The van der Waals surface area contributed by atoms with Crippen molar-refractivity contribution in [1.82, 2.24) is 14.6 Å². The summed E-state index contributed by atoms with van der Waals surface area (Å²) in [7, 11) is 0. The fraction of sp³-hybridized carbons (Fsp3) is 0.462. The molecule has 13 heteroatoms. The Hall–Kier alpha value is -1.66. The molecular formula is C13H18N3O8PS. The van der Waals surface area contributed by atoms with Crippen LogP contribution in [0.3, 0.4) is 0 Å². The molecule has 2 heterocycles. The van der Waals surface area contributed by atoms with E-state index in [9.17, 15) is 19.3 Å². The molecule has 1 aliphatic heterocycles. The van der Waals surface area contributed by atoms with Crippen molar-refractivity contribution >= 4 is 24.4 Å². The van der Waals surface area contributed by atoms with Crippen molar-refractivity contribution < 1.29 is 29.2 Å². The van der Waals surface area contributed by atoms with Crippen LogP contribution in [0, 0.1) is 6.92 Å². The first-order chi connectivity index (χ1) is 12.1. The van der Waals surface area contributed by atoms with E-state index >= 15 is 0 Å². The van der Waals surface area contributed by atoms with E-state index in [1.165, 1.54) is 10.8 Å². The molecule has 0 aliphatic carbocycles. The van der Waals surface area contributed by atoms with Gasteiger partial charge in [0.15, 0.2) is 6.23 Å². The van der Waals surface area contributed by atoms with Crippen LogP contribution in [0.1, 0.15) is 11.8 Å².